The van der Waals surface area contributed by atoms with Gasteiger partial charge < -0.3 is 19.9 Å². The Morgan fingerprint density at radius 3 is 2.58 bits per heavy atom. The molecule has 7 nitrogen and oxygen atoms in total. The smallest absolute Gasteiger partial charge is 0.250 e. The third-order valence-corrected chi connectivity index (χ3v) is 7.57. The molecule has 3 aliphatic heterocycles. The molecule has 3 aromatic rings. The van der Waals surface area contributed by atoms with Gasteiger partial charge in [-0.1, -0.05) is 6.07 Å². The van der Waals surface area contributed by atoms with Crippen LogP contribution in [0.5, 0.6) is 5.75 Å². The highest BCUT2D eigenvalue weighted by molar-refractivity contribution is 5.75. The third kappa shape index (κ3) is 3.70. The van der Waals surface area contributed by atoms with Gasteiger partial charge in [-0.2, -0.15) is 0 Å². The number of phenolic OH excluding ortho intramolecular Hbond substituents is 1. The molecule has 2 saturated heterocycles. The van der Waals surface area contributed by atoms with Crippen LogP contribution in [0.25, 0.3) is 22.4 Å². The van der Waals surface area contributed by atoms with Gasteiger partial charge in [0, 0.05) is 49.5 Å². The summed E-state index contributed by atoms with van der Waals surface area (Å²) in [5, 5.41) is 23.7. The zero-order valence-electron chi connectivity index (χ0n) is 18.9. The molecular weight excluding hydrogens is 414 g/mol. The van der Waals surface area contributed by atoms with Gasteiger partial charge in [-0.15, -0.1) is 10.2 Å². The Morgan fingerprint density at radius 1 is 1.03 bits per heavy atom. The van der Waals surface area contributed by atoms with E-state index in [-0.39, 0.29) is 11.3 Å². The van der Waals surface area contributed by atoms with Crippen LogP contribution >= 0.6 is 0 Å². The first-order valence-corrected chi connectivity index (χ1v) is 11.9. The Labute approximate surface area is 193 Å². The molecule has 0 amide bonds. The summed E-state index contributed by atoms with van der Waals surface area (Å²) in [6, 6.07) is 12.9. The van der Waals surface area contributed by atoms with Crippen LogP contribution in [0.4, 0.5) is 5.82 Å². The van der Waals surface area contributed by atoms with Crippen LogP contribution in [0.3, 0.4) is 0 Å². The number of aromatic nitrogens is 3. The van der Waals surface area contributed by atoms with Crippen LogP contribution in [0.1, 0.15) is 37.7 Å². The molecule has 2 aromatic heterocycles. The van der Waals surface area contributed by atoms with Crippen molar-refractivity contribution in [2.45, 2.75) is 56.7 Å². The Morgan fingerprint density at radius 2 is 1.82 bits per heavy atom. The number of anilines is 1. The molecule has 3 atom stereocenters. The molecule has 3 aliphatic rings. The lowest BCUT2D eigenvalue weighted by Gasteiger charge is -2.41. The molecule has 2 N–H and O–H groups in total. The topological polar surface area (TPSA) is 83.3 Å². The molecule has 2 fully saturated rings. The first kappa shape index (κ1) is 20.4. The molecule has 0 saturated carbocycles. The Bertz CT molecular complexity index is 1260. The summed E-state index contributed by atoms with van der Waals surface area (Å²) in [5.41, 5.74) is 4.06. The minimum Gasteiger partial charge on any atom is -0.507 e. The predicted molar refractivity (Wildman–Crippen MR) is 128 cm³/mol. The number of fused-ring (bicyclic) bond motifs is 3. The summed E-state index contributed by atoms with van der Waals surface area (Å²) >= 11 is 0. The van der Waals surface area contributed by atoms with Crippen molar-refractivity contribution >= 4 is 5.82 Å². The molecule has 7 heteroatoms. The van der Waals surface area contributed by atoms with E-state index in [1.807, 2.05) is 18.2 Å². The fourth-order valence-electron chi connectivity index (χ4n) is 5.82. The van der Waals surface area contributed by atoms with E-state index in [4.69, 9.17) is 0 Å². The van der Waals surface area contributed by atoms with Crippen molar-refractivity contribution in [3.05, 3.63) is 58.5 Å². The van der Waals surface area contributed by atoms with Crippen LogP contribution in [-0.4, -0.2) is 44.5 Å². The van der Waals surface area contributed by atoms with Crippen LogP contribution < -0.4 is 15.8 Å². The second-order valence-corrected chi connectivity index (χ2v) is 9.73. The fourth-order valence-corrected chi connectivity index (χ4v) is 5.82. The van der Waals surface area contributed by atoms with E-state index in [0.29, 0.717) is 29.4 Å². The summed E-state index contributed by atoms with van der Waals surface area (Å²) in [5.74, 6) is 1.16. The fraction of sp³-hybridized carbons (Fsp3) is 0.423. The number of nitrogens with one attached hydrogen (secondary N) is 1. The van der Waals surface area contributed by atoms with E-state index in [1.54, 1.807) is 25.4 Å². The molecule has 2 bridgehead atoms. The summed E-state index contributed by atoms with van der Waals surface area (Å²) in [7, 11) is 1.72. The highest BCUT2D eigenvalue weighted by Crippen LogP contribution is 2.37. The van der Waals surface area contributed by atoms with Crippen LogP contribution in [0.2, 0.25) is 0 Å². The molecule has 1 unspecified atom stereocenters. The second-order valence-electron chi connectivity index (χ2n) is 9.73. The van der Waals surface area contributed by atoms with Gasteiger partial charge in [0.25, 0.3) is 5.56 Å². The average molecular weight is 444 g/mol. The number of nitrogens with zero attached hydrogens (tertiary/aromatic N) is 4. The lowest BCUT2D eigenvalue weighted by Crippen LogP contribution is -2.50. The maximum atomic E-state index is 12.0. The van der Waals surface area contributed by atoms with Crippen molar-refractivity contribution in [2.75, 3.05) is 11.4 Å². The lowest BCUT2D eigenvalue weighted by molar-refractivity contribution is 0.341. The summed E-state index contributed by atoms with van der Waals surface area (Å²) in [6.45, 7) is 1.04. The van der Waals surface area contributed by atoms with Crippen molar-refractivity contribution < 1.29 is 5.11 Å². The van der Waals surface area contributed by atoms with E-state index >= 15 is 0 Å². The van der Waals surface area contributed by atoms with Gasteiger partial charge in [-0.3, -0.25) is 4.79 Å². The van der Waals surface area contributed by atoms with Crippen LogP contribution in [0.15, 0.2) is 47.4 Å². The number of benzene rings is 1. The van der Waals surface area contributed by atoms with E-state index < -0.39 is 0 Å². The highest BCUT2D eigenvalue weighted by Gasteiger charge is 2.37. The molecule has 33 heavy (non-hydrogen) atoms. The molecule has 0 spiro atoms. The maximum Gasteiger partial charge on any atom is 0.250 e. The number of rotatable bonds is 3. The minimum absolute atomic E-state index is 0.0806. The van der Waals surface area contributed by atoms with E-state index in [9.17, 15) is 9.90 Å². The van der Waals surface area contributed by atoms with Crippen molar-refractivity contribution in [1.82, 2.24) is 20.1 Å². The Balaban J connectivity index is 1.29. The molecule has 170 valence electrons. The number of aryl methyl sites for hydroxylation is 2. The molecule has 1 aromatic carbocycles. The van der Waals surface area contributed by atoms with Gasteiger partial charge in [-0.25, -0.2) is 0 Å². The number of phenols is 1. The second kappa shape index (κ2) is 7.99. The zero-order chi connectivity index (χ0) is 22.5. The number of piperidine rings is 1. The lowest BCUT2D eigenvalue weighted by atomic mass is 9.94. The first-order valence-electron chi connectivity index (χ1n) is 11.9. The SMILES string of the molecule is Cn1ccc(-c2ccc(-c3cc4c(nn3)N(C3C[C@H]5CC[C@@H](C3)N5)CCC4)c(O)c2)cc1=O. The number of hydrogen-bond donors (Lipinski definition) is 2. The van der Waals surface area contributed by atoms with Crippen LogP contribution in [-0.2, 0) is 13.5 Å². The number of hydrogen-bond acceptors (Lipinski definition) is 6. The summed E-state index contributed by atoms with van der Waals surface area (Å²) in [6.07, 6.45) is 8.79. The molecule has 0 aliphatic carbocycles. The normalized spacial score (nSPS) is 24.0. The Kier molecular flexibility index (Phi) is 4.94. The Hall–Kier alpha value is -3.19. The van der Waals surface area contributed by atoms with Gasteiger partial charge in [0.05, 0.1) is 5.69 Å². The number of aromatic hydroxyl groups is 1. The van der Waals surface area contributed by atoms with Gasteiger partial charge in [0.2, 0.25) is 0 Å². The maximum absolute atomic E-state index is 12.0. The van der Waals surface area contributed by atoms with E-state index in [0.717, 1.165) is 36.3 Å². The molecule has 6 rings (SSSR count). The largest absolute Gasteiger partial charge is 0.507 e. The van der Waals surface area contributed by atoms with Crippen molar-refractivity contribution in [3.8, 4) is 28.1 Å². The van der Waals surface area contributed by atoms with Gasteiger partial charge in [-0.05, 0) is 79.5 Å². The predicted octanol–water partition coefficient (Wildman–Crippen LogP) is 3.25. The van der Waals surface area contributed by atoms with Crippen molar-refractivity contribution in [2.24, 2.45) is 7.05 Å². The zero-order valence-corrected chi connectivity index (χ0v) is 18.9. The van der Waals surface area contributed by atoms with E-state index in [1.165, 1.54) is 35.8 Å². The van der Waals surface area contributed by atoms with Crippen molar-refractivity contribution in [3.63, 3.8) is 0 Å². The van der Waals surface area contributed by atoms with Crippen LogP contribution in [0, 0.1) is 0 Å². The quantitative estimate of drug-likeness (QED) is 0.647. The first-order chi connectivity index (χ1) is 16.0. The molecular formula is C26H29N5O2. The average Bonchev–Trinajstić information content (AvgIpc) is 3.17. The number of pyridine rings is 1. The molecule has 0 radical (unpaired) electrons. The molecule has 5 heterocycles. The highest BCUT2D eigenvalue weighted by atomic mass is 16.3. The standard InChI is InChI=1S/C26H29N5O2/c1-30-10-8-17(13-25(30)33)16-4-7-22(24(32)12-16)23-11-18-3-2-9-31(26(18)29-28-23)21-14-19-5-6-20(15-21)27-19/h4,7-8,10-13,19-21,27,32H,2-3,5-6,9,14-15H2,1H3/t19-,20+,21?. The summed E-state index contributed by atoms with van der Waals surface area (Å²) < 4.78 is 1.53. The summed E-state index contributed by atoms with van der Waals surface area (Å²) in [4.78, 5) is 14.5. The van der Waals surface area contributed by atoms with Gasteiger partial charge >= 0.3 is 0 Å². The van der Waals surface area contributed by atoms with Gasteiger partial charge in [0.15, 0.2) is 5.82 Å². The van der Waals surface area contributed by atoms with Crippen molar-refractivity contribution in [1.29, 1.82) is 0 Å². The van der Waals surface area contributed by atoms with E-state index in [2.05, 4.69) is 26.5 Å². The third-order valence-electron chi connectivity index (χ3n) is 7.57. The monoisotopic (exact) mass is 443 g/mol. The minimum atomic E-state index is -0.0806. The van der Waals surface area contributed by atoms with Gasteiger partial charge in [0.1, 0.15) is 5.75 Å².